The third-order valence-corrected chi connectivity index (χ3v) is 11.5. The molecular formula is C51H32N4O2. The van der Waals surface area contributed by atoms with Crippen molar-refractivity contribution in [2.24, 2.45) is 0 Å². The average Bonchev–Trinajstić information content (AvgIpc) is 3.96. The molecule has 0 spiro atoms. The Labute approximate surface area is 328 Å². The number of aromatic nitrogens is 3. The van der Waals surface area contributed by atoms with Crippen molar-refractivity contribution in [2.75, 3.05) is 4.90 Å². The monoisotopic (exact) mass is 732 g/mol. The minimum atomic E-state index is 0.0578. The number of hydrogen-bond acceptors (Lipinski definition) is 6. The summed E-state index contributed by atoms with van der Waals surface area (Å²) >= 11 is 0. The third-order valence-electron chi connectivity index (χ3n) is 11.5. The number of rotatable bonds is 5. The number of nitrogens with zero attached hydrogens (tertiary/aromatic N) is 4. The van der Waals surface area contributed by atoms with Crippen LogP contribution in [0.2, 0.25) is 0 Å². The van der Waals surface area contributed by atoms with Crippen LogP contribution in [0.1, 0.15) is 22.8 Å². The first-order valence-corrected chi connectivity index (χ1v) is 19.3. The predicted molar refractivity (Wildman–Crippen MR) is 228 cm³/mol. The van der Waals surface area contributed by atoms with E-state index in [2.05, 4.69) is 132 Å². The number of fused-ring (bicyclic) bond motifs is 10. The van der Waals surface area contributed by atoms with Crippen molar-refractivity contribution in [3.05, 3.63) is 193 Å². The van der Waals surface area contributed by atoms with E-state index < -0.39 is 0 Å². The maximum Gasteiger partial charge on any atom is 0.167 e. The van der Waals surface area contributed by atoms with Gasteiger partial charge in [-0.15, -0.1) is 0 Å². The van der Waals surface area contributed by atoms with Crippen LogP contribution in [-0.4, -0.2) is 21.0 Å². The Bertz CT molecular complexity index is 3220. The van der Waals surface area contributed by atoms with Crippen LogP contribution in [-0.2, 0) is 0 Å². The number of furan rings is 2. The van der Waals surface area contributed by atoms with Crippen molar-refractivity contribution in [2.45, 2.75) is 12.0 Å². The van der Waals surface area contributed by atoms with Crippen LogP contribution in [0, 0.1) is 0 Å². The lowest BCUT2D eigenvalue weighted by Gasteiger charge is -2.30. The van der Waals surface area contributed by atoms with E-state index in [4.69, 9.17) is 23.8 Å². The summed E-state index contributed by atoms with van der Waals surface area (Å²) in [7, 11) is 0. The van der Waals surface area contributed by atoms with Crippen LogP contribution in [0.5, 0.6) is 0 Å². The van der Waals surface area contributed by atoms with Crippen LogP contribution >= 0.6 is 0 Å². The van der Waals surface area contributed by atoms with E-state index in [0.29, 0.717) is 17.5 Å². The first kappa shape index (κ1) is 31.7. The van der Waals surface area contributed by atoms with Gasteiger partial charge in [0.05, 0.1) is 11.6 Å². The van der Waals surface area contributed by atoms with E-state index in [1.807, 2.05) is 54.6 Å². The van der Waals surface area contributed by atoms with Crippen molar-refractivity contribution in [3.63, 3.8) is 0 Å². The first-order chi connectivity index (χ1) is 28.2. The molecule has 4 heterocycles. The van der Waals surface area contributed by atoms with Gasteiger partial charge < -0.3 is 13.7 Å². The van der Waals surface area contributed by atoms with Gasteiger partial charge in [0, 0.05) is 50.1 Å². The molecule has 0 fully saturated rings. The van der Waals surface area contributed by atoms with E-state index in [9.17, 15) is 0 Å². The van der Waals surface area contributed by atoms with E-state index in [1.54, 1.807) is 0 Å². The summed E-state index contributed by atoms with van der Waals surface area (Å²) in [5, 5.41) is 3.20. The number of benzene rings is 7. The molecular weight excluding hydrogens is 701 g/mol. The lowest BCUT2D eigenvalue weighted by Crippen LogP contribution is -2.30. The van der Waals surface area contributed by atoms with Crippen LogP contribution in [0.3, 0.4) is 0 Å². The van der Waals surface area contributed by atoms with Gasteiger partial charge in [0.1, 0.15) is 22.5 Å². The van der Waals surface area contributed by atoms with Gasteiger partial charge >= 0.3 is 0 Å². The van der Waals surface area contributed by atoms with Crippen LogP contribution in [0.4, 0.5) is 11.4 Å². The molecule has 6 nitrogen and oxygen atoms in total. The zero-order valence-corrected chi connectivity index (χ0v) is 30.6. The molecule has 6 heteroatoms. The summed E-state index contributed by atoms with van der Waals surface area (Å²) in [4.78, 5) is 17.8. The Hall–Kier alpha value is -7.57. The fourth-order valence-electron chi connectivity index (χ4n) is 8.93. The second-order valence-corrected chi connectivity index (χ2v) is 14.7. The van der Waals surface area contributed by atoms with E-state index in [1.165, 1.54) is 27.9 Å². The normalized spacial score (nSPS) is 15.6. The van der Waals surface area contributed by atoms with Crippen molar-refractivity contribution >= 4 is 50.4 Å². The highest BCUT2D eigenvalue weighted by Crippen LogP contribution is 2.54. The van der Waals surface area contributed by atoms with Crippen molar-refractivity contribution in [1.29, 1.82) is 0 Å². The molecule has 0 saturated heterocycles. The summed E-state index contributed by atoms with van der Waals surface area (Å²) in [6, 6.07) is 59.0. The van der Waals surface area contributed by atoms with Gasteiger partial charge in [-0.25, -0.2) is 15.0 Å². The summed E-state index contributed by atoms with van der Waals surface area (Å²) in [5.74, 6) is 2.62. The Kier molecular flexibility index (Phi) is 6.95. The van der Waals surface area contributed by atoms with E-state index in [0.717, 1.165) is 61.0 Å². The zero-order chi connectivity index (χ0) is 37.5. The molecule has 268 valence electrons. The highest BCUT2D eigenvalue weighted by molar-refractivity contribution is 6.06. The maximum absolute atomic E-state index is 6.88. The van der Waals surface area contributed by atoms with E-state index >= 15 is 0 Å². The first-order valence-electron chi connectivity index (χ1n) is 19.3. The van der Waals surface area contributed by atoms with Gasteiger partial charge in [-0.05, 0) is 65.2 Å². The highest BCUT2D eigenvalue weighted by Gasteiger charge is 2.43. The SMILES string of the molecule is C1=CC2C(c3ccccc3N2c2cccc(-c3ccccc3)c2)c2c1oc1c(-c3nc(-c4ccccc4)nc(-c4ccc5c(c4)oc4ccccc45)n3)cccc21. The standard InChI is InChI=1S/C51H32N4O2/c1-3-13-31(14-4-1)33-17-11-18-35(29-33)55-41-23-9-7-20-38(41)46-42(55)27-28-44-47(46)39-21-12-22-40(48(39)57-44)51-53-49(32-15-5-2-6-16-32)52-50(54-51)34-25-26-37-36-19-8-10-24-43(36)56-45(37)30-34/h1-30,42,46H. The average molecular weight is 733 g/mol. The predicted octanol–water partition coefficient (Wildman–Crippen LogP) is 12.9. The molecule has 12 rings (SSSR count). The lowest BCUT2D eigenvalue weighted by atomic mass is 9.82. The van der Waals surface area contributed by atoms with Crippen molar-refractivity contribution in [1.82, 2.24) is 15.0 Å². The quantitative estimate of drug-likeness (QED) is 0.175. The Morgan fingerprint density at radius 3 is 2.04 bits per heavy atom. The largest absolute Gasteiger partial charge is 0.456 e. The van der Waals surface area contributed by atoms with E-state index in [-0.39, 0.29) is 12.0 Å². The number of para-hydroxylation sites is 3. The Morgan fingerprint density at radius 2 is 1.16 bits per heavy atom. The molecule has 0 amide bonds. The zero-order valence-electron chi connectivity index (χ0n) is 30.6. The molecule has 1 aliphatic carbocycles. The van der Waals surface area contributed by atoms with Crippen LogP contribution in [0.15, 0.2) is 185 Å². The summed E-state index contributed by atoms with van der Waals surface area (Å²) < 4.78 is 13.2. The minimum Gasteiger partial charge on any atom is -0.456 e. The molecule has 0 saturated carbocycles. The number of hydrogen-bond donors (Lipinski definition) is 0. The molecule has 1 aliphatic heterocycles. The van der Waals surface area contributed by atoms with Crippen molar-refractivity contribution in [3.8, 4) is 45.3 Å². The molecule has 2 aliphatic rings. The molecule has 10 aromatic rings. The smallest absolute Gasteiger partial charge is 0.167 e. The van der Waals surface area contributed by atoms with Gasteiger partial charge in [-0.1, -0.05) is 133 Å². The molecule has 3 aromatic heterocycles. The summed E-state index contributed by atoms with van der Waals surface area (Å²) in [6.07, 6.45) is 4.45. The van der Waals surface area contributed by atoms with Gasteiger partial charge in [-0.3, -0.25) is 0 Å². The summed E-state index contributed by atoms with van der Waals surface area (Å²) in [6.45, 7) is 0. The topological polar surface area (TPSA) is 68.2 Å². The van der Waals surface area contributed by atoms with Crippen LogP contribution < -0.4 is 4.90 Å². The van der Waals surface area contributed by atoms with Gasteiger partial charge in [0.15, 0.2) is 17.5 Å². The molecule has 7 aromatic carbocycles. The second-order valence-electron chi connectivity index (χ2n) is 14.7. The van der Waals surface area contributed by atoms with Gasteiger partial charge in [-0.2, -0.15) is 0 Å². The van der Waals surface area contributed by atoms with Gasteiger partial charge in [0.25, 0.3) is 0 Å². The minimum absolute atomic E-state index is 0.0578. The Balaban J connectivity index is 1.00. The Morgan fingerprint density at radius 1 is 0.474 bits per heavy atom. The fraction of sp³-hybridized carbons (Fsp3) is 0.0392. The lowest BCUT2D eigenvalue weighted by molar-refractivity contribution is 0.584. The molecule has 57 heavy (non-hydrogen) atoms. The molecule has 0 radical (unpaired) electrons. The fourth-order valence-corrected chi connectivity index (χ4v) is 8.93. The van der Waals surface area contributed by atoms with Crippen molar-refractivity contribution < 1.29 is 8.83 Å². The molecule has 2 atom stereocenters. The second kappa shape index (κ2) is 12.5. The highest BCUT2D eigenvalue weighted by atomic mass is 16.3. The summed E-state index contributed by atoms with van der Waals surface area (Å²) in [5.41, 5.74) is 12.2. The van der Waals surface area contributed by atoms with Gasteiger partial charge in [0.2, 0.25) is 0 Å². The maximum atomic E-state index is 6.88. The van der Waals surface area contributed by atoms with Crippen LogP contribution in [0.25, 0.3) is 84.3 Å². The third kappa shape index (κ3) is 5.00. The molecule has 0 bridgehead atoms. The molecule has 2 unspecified atom stereocenters. The number of anilines is 2. The molecule has 0 N–H and O–H groups in total.